The van der Waals surface area contributed by atoms with Gasteiger partial charge in [0.2, 0.25) is 5.69 Å². The number of aryl methyl sites for hydroxylation is 2. The number of furan rings is 1. The molecule has 3 aromatic carbocycles. The highest BCUT2D eigenvalue weighted by Crippen LogP contribution is 2.44. The second kappa shape index (κ2) is 8.95. The van der Waals surface area contributed by atoms with Gasteiger partial charge in [0.15, 0.2) is 11.4 Å². The van der Waals surface area contributed by atoms with E-state index >= 15 is 0 Å². The standard InChI is InChI=1S/C33H31N2O/c1-21-15-16-26-27-17-18-28(34-3)31(24-13-9-6-10-14-24)33(27)36-32(26)30(21)29-20-25(19-22(2)35(29)4)23-11-7-5-8-12-23/h6,9-10,13-20,23H,5,7-8,11-12H2,1-2,4H3/q+1/i6D,9D,10D,13D,14D. The molecule has 3 heteroatoms. The van der Waals surface area contributed by atoms with Gasteiger partial charge in [0, 0.05) is 35.4 Å². The smallest absolute Gasteiger partial charge is 0.216 e. The Balaban J connectivity index is 1.69. The largest absolute Gasteiger partial charge is 0.456 e. The Morgan fingerprint density at radius 3 is 2.33 bits per heavy atom. The van der Waals surface area contributed by atoms with E-state index in [9.17, 15) is 0 Å². The Labute approximate surface area is 219 Å². The molecular formula is C33H31N2O+. The number of nitrogens with zero attached hydrogens (tertiary/aromatic N) is 2. The van der Waals surface area contributed by atoms with Crippen LogP contribution in [0.3, 0.4) is 0 Å². The van der Waals surface area contributed by atoms with E-state index in [1.54, 1.807) is 6.07 Å². The van der Waals surface area contributed by atoms with E-state index < -0.39 is 18.1 Å². The fourth-order valence-corrected chi connectivity index (χ4v) is 5.76. The van der Waals surface area contributed by atoms with Crippen molar-refractivity contribution in [3.63, 3.8) is 0 Å². The molecule has 6 rings (SSSR count). The monoisotopic (exact) mass is 476 g/mol. The summed E-state index contributed by atoms with van der Waals surface area (Å²) in [6.07, 6.45) is 6.19. The highest BCUT2D eigenvalue weighted by Gasteiger charge is 2.26. The molecule has 0 amide bonds. The van der Waals surface area contributed by atoms with Gasteiger partial charge in [-0.05, 0) is 42.4 Å². The average Bonchev–Trinajstić information content (AvgIpc) is 3.36. The van der Waals surface area contributed by atoms with E-state index in [1.165, 1.54) is 37.7 Å². The molecule has 0 spiro atoms. The van der Waals surface area contributed by atoms with Crippen molar-refractivity contribution in [2.75, 3.05) is 0 Å². The first-order chi connectivity index (χ1) is 19.6. The Bertz CT molecular complexity index is 1900. The van der Waals surface area contributed by atoms with Gasteiger partial charge in [-0.2, -0.15) is 4.57 Å². The second-order valence-corrected chi connectivity index (χ2v) is 9.89. The molecule has 1 saturated carbocycles. The molecule has 0 saturated heterocycles. The number of pyridine rings is 1. The molecule has 3 nitrogen and oxygen atoms in total. The van der Waals surface area contributed by atoms with Gasteiger partial charge in [0.05, 0.1) is 19.0 Å². The highest BCUT2D eigenvalue weighted by atomic mass is 16.3. The van der Waals surface area contributed by atoms with Crippen molar-refractivity contribution < 1.29 is 15.8 Å². The Kier molecular flexibility index (Phi) is 4.36. The van der Waals surface area contributed by atoms with Gasteiger partial charge in [0.25, 0.3) is 0 Å². The second-order valence-electron chi connectivity index (χ2n) is 9.89. The van der Waals surface area contributed by atoms with Gasteiger partial charge in [-0.15, -0.1) is 0 Å². The van der Waals surface area contributed by atoms with Crippen LogP contribution >= 0.6 is 0 Å². The van der Waals surface area contributed by atoms with E-state index in [0.29, 0.717) is 17.1 Å². The molecule has 0 N–H and O–H groups in total. The molecule has 5 aromatic rings. The minimum absolute atomic E-state index is 0.0226. The molecular weight excluding hydrogens is 440 g/mol. The van der Waals surface area contributed by atoms with Crippen molar-refractivity contribution in [1.82, 2.24) is 0 Å². The van der Waals surface area contributed by atoms with Crippen LogP contribution in [-0.2, 0) is 7.05 Å². The minimum atomic E-state index is -0.469. The van der Waals surface area contributed by atoms with Crippen molar-refractivity contribution in [3.05, 3.63) is 94.8 Å². The van der Waals surface area contributed by atoms with Gasteiger partial charge in [-0.25, -0.2) is 4.85 Å². The summed E-state index contributed by atoms with van der Waals surface area (Å²) in [6, 6.07) is 10.1. The summed E-state index contributed by atoms with van der Waals surface area (Å²) < 4.78 is 50.6. The van der Waals surface area contributed by atoms with Crippen molar-refractivity contribution >= 4 is 27.6 Å². The topological polar surface area (TPSA) is 21.4 Å². The van der Waals surface area contributed by atoms with E-state index in [4.69, 9.17) is 17.8 Å². The van der Waals surface area contributed by atoms with Crippen LogP contribution in [0.25, 0.3) is 49.2 Å². The summed E-state index contributed by atoms with van der Waals surface area (Å²) in [7, 11) is 2.06. The van der Waals surface area contributed by atoms with Gasteiger partial charge < -0.3 is 4.42 Å². The van der Waals surface area contributed by atoms with E-state index in [-0.39, 0.29) is 28.9 Å². The van der Waals surface area contributed by atoms with Crippen molar-refractivity contribution in [1.29, 1.82) is 0 Å². The third-order valence-electron chi connectivity index (χ3n) is 7.77. The Morgan fingerprint density at radius 2 is 1.61 bits per heavy atom. The number of hydrogen-bond acceptors (Lipinski definition) is 1. The van der Waals surface area contributed by atoms with Crippen LogP contribution in [0, 0.1) is 20.4 Å². The number of benzene rings is 3. The average molecular weight is 477 g/mol. The third-order valence-corrected chi connectivity index (χ3v) is 7.77. The maximum absolute atomic E-state index is 8.62. The Morgan fingerprint density at radius 1 is 0.917 bits per heavy atom. The van der Waals surface area contributed by atoms with Crippen LogP contribution < -0.4 is 4.57 Å². The molecule has 2 aromatic heterocycles. The quantitative estimate of drug-likeness (QED) is 0.188. The zero-order chi connectivity index (χ0) is 29.2. The summed E-state index contributed by atoms with van der Waals surface area (Å²) in [5.41, 5.74) is 6.94. The van der Waals surface area contributed by atoms with Crippen molar-refractivity contribution in [2.45, 2.75) is 51.9 Å². The molecule has 178 valence electrons. The van der Waals surface area contributed by atoms with Crippen LogP contribution in [0.1, 0.15) is 61.7 Å². The molecule has 0 atom stereocenters. The normalized spacial score (nSPS) is 16.3. The van der Waals surface area contributed by atoms with E-state index in [0.717, 1.165) is 33.3 Å². The van der Waals surface area contributed by atoms with Crippen LogP contribution in [0.2, 0.25) is 0 Å². The lowest BCUT2D eigenvalue weighted by Crippen LogP contribution is -2.35. The van der Waals surface area contributed by atoms with Crippen molar-refractivity contribution in [2.24, 2.45) is 7.05 Å². The number of rotatable bonds is 3. The lowest BCUT2D eigenvalue weighted by atomic mass is 9.83. The first-order valence-corrected chi connectivity index (χ1v) is 12.6. The zero-order valence-electron chi connectivity index (χ0n) is 25.9. The van der Waals surface area contributed by atoms with Gasteiger partial charge >= 0.3 is 0 Å². The fraction of sp³-hybridized carbons (Fsp3) is 0.273. The summed E-state index contributed by atoms with van der Waals surface area (Å²) in [5.74, 6) is 0.537. The minimum Gasteiger partial charge on any atom is -0.456 e. The van der Waals surface area contributed by atoms with Gasteiger partial charge in [-0.1, -0.05) is 73.7 Å². The highest BCUT2D eigenvalue weighted by molar-refractivity contribution is 6.15. The van der Waals surface area contributed by atoms with Gasteiger partial charge in [0.1, 0.15) is 18.2 Å². The molecule has 0 aliphatic heterocycles. The maximum atomic E-state index is 8.62. The SMILES string of the molecule is [2H]c1c([2H])c([2H])c(-c2c([N+]#[C-])ccc3c2oc2c(-c4cc(C5CCCCC5)cc(C)[n+]4C)c(C)ccc23)c([2H])c1[2H]. The van der Waals surface area contributed by atoms with Crippen LogP contribution in [0.4, 0.5) is 5.69 Å². The van der Waals surface area contributed by atoms with Crippen molar-refractivity contribution in [3.8, 4) is 22.4 Å². The number of fused-ring (bicyclic) bond motifs is 3. The predicted octanol–water partition coefficient (Wildman–Crippen LogP) is 8.96. The van der Waals surface area contributed by atoms with Crippen LogP contribution in [0.15, 0.2) is 71.0 Å². The van der Waals surface area contributed by atoms with Crippen LogP contribution in [0.5, 0.6) is 0 Å². The zero-order valence-corrected chi connectivity index (χ0v) is 20.9. The predicted molar refractivity (Wildman–Crippen MR) is 147 cm³/mol. The molecule has 0 unspecified atom stereocenters. The first-order valence-electron chi connectivity index (χ1n) is 15.1. The summed E-state index contributed by atoms with van der Waals surface area (Å²) in [6.45, 7) is 12.0. The molecule has 36 heavy (non-hydrogen) atoms. The van der Waals surface area contributed by atoms with Gasteiger partial charge in [-0.3, -0.25) is 0 Å². The lowest BCUT2D eigenvalue weighted by Gasteiger charge is -2.22. The fourth-order valence-electron chi connectivity index (χ4n) is 5.76. The summed E-state index contributed by atoms with van der Waals surface area (Å²) in [5, 5.41) is 1.59. The molecule has 1 aliphatic carbocycles. The molecule has 0 bridgehead atoms. The number of hydrogen-bond donors (Lipinski definition) is 0. The molecule has 0 radical (unpaired) electrons. The maximum Gasteiger partial charge on any atom is 0.216 e. The lowest BCUT2D eigenvalue weighted by molar-refractivity contribution is -0.666. The summed E-state index contributed by atoms with van der Waals surface area (Å²) >= 11 is 0. The number of aromatic nitrogens is 1. The van der Waals surface area contributed by atoms with E-state index in [2.05, 4.69) is 48.5 Å². The summed E-state index contributed by atoms with van der Waals surface area (Å²) in [4.78, 5) is 3.67. The molecule has 1 fully saturated rings. The van der Waals surface area contributed by atoms with E-state index in [1.807, 2.05) is 12.1 Å². The molecule has 1 aliphatic rings. The van der Waals surface area contributed by atoms with Crippen LogP contribution in [-0.4, -0.2) is 0 Å². The Hall–Kier alpha value is -3.90. The molecule has 2 heterocycles. The third kappa shape index (κ3) is 3.60. The first kappa shape index (κ1) is 17.5.